The second-order valence-corrected chi connectivity index (χ2v) is 6.07. The number of benzene rings is 1. The van der Waals surface area contributed by atoms with E-state index in [-0.39, 0.29) is 11.6 Å². The number of amides is 1. The Balaban J connectivity index is 2.07. The fourth-order valence-corrected chi connectivity index (χ4v) is 2.77. The number of ether oxygens (including phenoxy) is 1. The van der Waals surface area contributed by atoms with Crippen LogP contribution in [0.15, 0.2) is 28.4 Å². The number of carboxylic acids is 1. The van der Waals surface area contributed by atoms with E-state index in [2.05, 4.69) is 15.5 Å². The summed E-state index contributed by atoms with van der Waals surface area (Å²) in [5.74, 6) is -1.44. The lowest BCUT2D eigenvalue weighted by molar-refractivity contribution is -0.138. The molecule has 0 saturated carbocycles. The zero-order chi connectivity index (χ0) is 17.5. The summed E-state index contributed by atoms with van der Waals surface area (Å²) in [6.45, 7) is 2.45. The number of aliphatic carboxylic acids is 1. The molecule has 1 unspecified atom stereocenters. The summed E-state index contributed by atoms with van der Waals surface area (Å²) in [7, 11) is 0. The van der Waals surface area contributed by atoms with Crippen LogP contribution in [0, 0.1) is 5.82 Å². The van der Waals surface area contributed by atoms with E-state index < -0.39 is 22.9 Å². The minimum atomic E-state index is -1.06. The fraction of sp³-hybridized carbons (Fsp3) is 0.333. The van der Waals surface area contributed by atoms with Gasteiger partial charge in [-0.05, 0) is 24.6 Å². The highest BCUT2D eigenvalue weighted by molar-refractivity contribution is 8.15. The molecule has 0 radical (unpaired) electrons. The molecular weight excluding hydrogens is 337 g/mol. The smallest absolute Gasteiger partial charge is 0.305 e. The molecule has 1 amide bonds. The molecule has 0 aromatic heterocycles. The molecular formula is C15H16FN3O4S. The Bertz CT molecular complexity index is 693. The quantitative estimate of drug-likeness (QED) is 0.577. The predicted octanol–water partition coefficient (Wildman–Crippen LogP) is 2.01. The van der Waals surface area contributed by atoms with E-state index in [1.807, 2.05) is 6.92 Å². The first-order valence-electron chi connectivity index (χ1n) is 7.22. The normalized spacial score (nSPS) is 19.0. The standard InChI is InChI=1S/C15H16FN3O4S/c1-2-5-23-11-4-3-10(16)6-9(11)8-17-19-15-18-14(22)12(24-15)7-13(20)21/h3-4,6,8,12H,2,5,7H2,1H3,(H,20,21)(H,18,19,22). The van der Waals surface area contributed by atoms with Gasteiger partial charge in [0.2, 0.25) is 5.91 Å². The summed E-state index contributed by atoms with van der Waals surface area (Å²) in [5, 5.41) is 18.3. The summed E-state index contributed by atoms with van der Waals surface area (Å²) in [6.07, 6.45) is 1.83. The zero-order valence-corrected chi connectivity index (χ0v) is 13.7. The van der Waals surface area contributed by atoms with E-state index in [0.717, 1.165) is 18.2 Å². The summed E-state index contributed by atoms with van der Waals surface area (Å²) >= 11 is 0.993. The number of carboxylic acid groups (broad SMARTS) is 1. The van der Waals surface area contributed by atoms with Crippen molar-refractivity contribution in [2.24, 2.45) is 10.2 Å². The van der Waals surface area contributed by atoms with E-state index >= 15 is 0 Å². The molecule has 1 aliphatic rings. The number of halogens is 1. The number of rotatable bonds is 7. The van der Waals surface area contributed by atoms with Crippen LogP contribution in [0.25, 0.3) is 0 Å². The predicted molar refractivity (Wildman–Crippen MR) is 89.0 cm³/mol. The van der Waals surface area contributed by atoms with Crippen LogP contribution in [0.1, 0.15) is 25.3 Å². The van der Waals surface area contributed by atoms with Crippen molar-refractivity contribution in [3.05, 3.63) is 29.6 Å². The highest BCUT2D eigenvalue weighted by Gasteiger charge is 2.32. The molecule has 0 spiro atoms. The van der Waals surface area contributed by atoms with Crippen LogP contribution >= 0.6 is 11.8 Å². The van der Waals surface area contributed by atoms with Gasteiger partial charge in [0.05, 0.1) is 19.2 Å². The molecule has 1 saturated heterocycles. The maximum absolute atomic E-state index is 13.4. The molecule has 128 valence electrons. The molecule has 9 heteroatoms. The molecule has 1 aromatic carbocycles. The third-order valence-corrected chi connectivity index (χ3v) is 3.99. The molecule has 1 aromatic rings. The summed E-state index contributed by atoms with van der Waals surface area (Å²) < 4.78 is 18.8. The zero-order valence-electron chi connectivity index (χ0n) is 12.9. The minimum absolute atomic E-state index is 0.204. The molecule has 0 aliphatic carbocycles. The molecule has 1 aliphatic heterocycles. The van der Waals surface area contributed by atoms with Crippen molar-refractivity contribution in [3.8, 4) is 5.75 Å². The highest BCUT2D eigenvalue weighted by Crippen LogP contribution is 2.22. The molecule has 24 heavy (non-hydrogen) atoms. The van der Waals surface area contributed by atoms with Crippen LogP contribution in [0.3, 0.4) is 0 Å². The average Bonchev–Trinajstić information content (AvgIpc) is 2.86. The van der Waals surface area contributed by atoms with E-state index in [4.69, 9.17) is 9.84 Å². The van der Waals surface area contributed by atoms with Gasteiger partial charge in [-0.1, -0.05) is 18.7 Å². The molecule has 7 nitrogen and oxygen atoms in total. The number of carbonyl (C=O) groups is 2. The van der Waals surface area contributed by atoms with Crippen molar-refractivity contribution in [3.63, 3.8) is 0 Å². The molecule has 0 bridgehead atoms. The van der Waals surface area contributed by atoms with Crippen molar-refractivity contribution in [1.29, 1.82) is 0 Å². The van der Waals surface area contributed by atoms with Gasteiger partial charge in [0.25, 0.3) is 0 Å². The number of amidine groups is 1. The fourth-order valence-electron chi connectivity index (χ4n) is 1.85. The SMILES string of the molecule is CCCOc1ccc(F)cc1C=NN=C1NC(=O)C(CC(=O)O)S1. The van der Waals surface area contributed by atoms with Crippen molar-refractivity contribution in [2.75, 3.05) is 6.61 Å². The van der Waals surface area contributed by atoms with Crippen molar-refractivity contribution in [1.82, 2.24) is 5.32 Å². The Morgan fingerprint density at radius 1 is 1.54 bits per heavy atom. The average molecular weight is 353 g/mol. The third-order valence-electron chi connectivity index (χ3n) is 2.92. The molecule has 1 fully saturated rings. The number of hydrogen-bond donors (Lipinski definition) is 2. The molecule has 1 atom stereocenters. The first-order valence-corrected chi connectivity index (χ1v) is 8.10. The number of carbonyl (C=O) groups excluding carboxylic acids is 1. The van der Waals surface area contributed by atoms with Crippen LogP contribution in [-0.2, 0) is 9.59 Å². The first-order chi connectivity index (χ1) is 11.5. The minimum Gasteiger partial charge on any atom is -0.493 e. The Kier molecular flexibility index (Phi) is 6.30. The van der Waals surface area contributed by atoms with Crippen LogP contribution in [0.5, 0.6) is 5.75 Å². The summed E-state index contributed by atoms with van der Waals surface area (Å²) in [6, 6.07) is 4.06. The largest absolute Gasteiger partial charge is 0.493 e. The van der Waals surface area contributed by atoms with Gasteiger partial charge < -0.3 is 15.2 Å². The Morgan fingerprint density at radius 2 is 2.33 bits per heavy atom. The van der Waals surface area contributed by atoms with Crippen molar-refractivity contribution in [2.45, 2.75) is 25.0 Å². The monoisotopic (exact) mass is 353 g/mol. The van der Waals surface area contributed by atoms with Crippen LogP contribution < -0.4 is 10.1 Å². The van der Waals surface area contributed by atoms with Gasteiger partial charge in [-0.15, -0.1) is 5.10 Å². The van der Waals surface area contributed by atoms with Gasteiger partial charge >= 0.3 is 5.97 Å². The van der Waals surface area contributed by atoms with Gasteiger partial charge in [0, 0.05) is 5.56 Å². The lowest BCUT2D eigenvalue weighted by Crippen LogP contribution is -2.26. The van der Waals surface area contributed by atoms with E-state index in [0.29, 0.717) is 17.9 Å². The van der Waals surface area contributed by atoms with E-state index in [1.54, 1.807) is 0 Å². The van der Waals surface area contributed by atoms with Gasteiger partial charge in [0.1, 0.15) is 16.8 Å². The number of nitrogens with zero attached hydrogens (tertiary/aromatic N) is 2. The summed E-state index contributed by atoms with van der Waals surface area (Å²) in [4.78, 5) is 22.2. The van der Waals surface area contributed by atoms with Gasteiger partial charge in [-0.2, -0.15) is 5.10 Å². The number of hydrogen-bond acceptors (Lipinski definition) is 6. The molecule has 2 rings (SSSR count). The maximum atomic E-state index is 13.4. The third kappa shape index (κ3) is 5.05. The first kappa shape index (κ1) is 17.9. The summed E-state index contributed by atoms with van der Waals surface area (Å²) in [5.41, 5.74) is 0.421. The Morgan fingerprint density at radius 3 is 3.04 bits per heavy atom. The Labute approximate surface area is 142 Å². The van der Waals surface area contributed by atoms with E-state index in [9.17, 15) is 14.0 Å². The Hall–Kier alpha value is -2.42. The highest BCUT2D eigenvalue weighted by atomic mass is 32.2. The van der Waals surface area contributed by atoms with Crippen LogP contribution in [-0.4, -0.2) is 40.2 Å². The number of thioether (sulfide) groups is 1. The maximum Gasteiger partial charge on any atom is 0.305 e. The van der Waals surface area contributed by atoms with Crippen LogP contribution in [0.2, 0.25) is 0 Å². The van der Waals surface area contributed by atoms with Gasteiger partial charge in [-0.3, -0.25) is 9.59 Å². The molecule has 1 heterocycles. The van der Waals surface area contributed by atoms with E-state index in [1.165, 1.54) is 24.4 Å². The lowest BCUT2D eigenvalue weighted by atomic mass is 10.2. The molecule has 2 N–H and O–H groups in total. The second-order valence-electron chi connectivity index (χ2n) is 4.87. The second kappa shape index (κ2) is 8.44. The topological polar surface area (TPSA) is 100 Å². The van der Waals surface area contributed by atoms with Crippen LogP contribution in [0.4, 0.5) is 4.39 Å². The lowest BCUT2D eigenvalue weighted by Gasteiger charge is -2.07. The van der Waals surface area contributed by atoms with Gasteiger partial charge in [0.15, 0.2) is 5.17 Å². The number of nitrogens with one attached hydrogen (secondary N) is 1. The van der Waals surface area contributed by atoms with Gasteiger partial charge in [-0.25, -0.2) is 4.39 Å². The van der Waals surface area contributed by atoms with Crippen molar-refractivity contribution < 1.29 is 23.8 Å². The van der Waals surface area contributed by atoms with Crippen molar-refractivity contribution >= 4 is 35.0 Å².